The molecule has 0 aliphatic carbocycles. The minimum Gasteiger partial charge on any atom is -0.508 e. The minimum absolute atomic E-state index is 0.0194. The van der Waals surface area contributed by atoms with Crippen LogP contribution in [0.3, 0.4) is 0 Å². The third-order valence-corrected chi connectivity index (χ3v) is 1.09. The molecule has 0 fully saturated rings. The van der Waals surface area contributed by atoms with Crippen molar-refractivity contribution in [1.82, 2.24) is 0 Å². The highest BCUT2D eigenvalue weighted by Gasteiger charge is 1.91. The SMILES string of the molecule is OBc1cccc(O)c1. The van der Waals surface area contributed by atoms with Crippen molar-refractivity contribution in [2.75, 3.05) is 0 Å². The van der Waals surface area contributed by atoms with Crippen molar-refractivity contribution in [1.29, 1.82) is 0 Å². The van der Waals surface area contributed by atoms with Gasteiger partial charge in [-0.25, -0.2) is 0 Å². The number of hydrogen-bond donors (Lipinski definition) is 2. The fraction of sp³-hybridized carbons (Fsp3) is 0. The molecule has 0 radical (unpaired) electrons. The number of benzene rings is 1. The van der Waals surface area contributed by atoms with Gasteiger partial charge in [-0.3, -0.25) is 0 Å². The number of phenols is 1. The monoisotopic (exact) mass is 122 g/mol. The predicted molar refractivity (Wildman–Crippen MR) is 37.1 cm³/mol. The Morgan fingerprint density at radius 1 is 1.33 bits per heavy atom. The van der Waals surface area contributed by atoms with Crippen LogP contribution in [0.2, 0.25) is 0 Å². The van der Waals surface area contributed by atoms with Crippen LogP contribution in [0.15, 0.2) is 24.3 Å². The van der Waals surface area contributed by atoms with E-state index >= 15 is 0 Å². The van der Waals surface area contributed by atoms with E-state index in [0.717, 1.165) is 5.46 Å². The fourth-order valence-corrected chi connectivity index (χ4v) is 0.655. The van der Waals surface area contributed by atoms with E-state index in [-0.39, 0.29) is 13.2 Å². The Bertz CT molecular complexity index is 200. The first-order valence-corrected chi connectivity index (χ1v) is 2.71. The lowest BCUT2D eigenvalue weighted by atomic mass is 9.89. The zero-order valence-electron chi connectivity index (χ0n) is 4.91. The van der Waals surface area contributed by atoms with E-state index in [2.05, 4.69) is 0 Å². The summed E-state index contributed by atoms with van der Waals surface area (Å²) >= 11 is 0. The molecule has 3 heteroatoms. The molecule has 0 heterocycles. The average molecular weight is 122 g/mol. The van der Waals surface area contributed by atoms with Crippen molar-refractivity contribution < 1.29 is 10.1 Å². The summed E-state index contributed by atoms with van der Waals surface area (Å²) < 4.78 is 0. The number of rotatable bonds is 1. The van der Waals surface area contributed by atoms with Gasteiger partial charge in [0.2, 0.25) is 0 Å². The van der Waals surface area contributed by atoms with E-state index in [9.17, 15) is 0 Å². The molecule has 2 N–H and O–H groups in total. The third-order valence-electron chi connectivity index (χ3n) is 1.09. The van der Waals surface area contributed by atoms with Crippen LogP contribution < -0.4 is 5.46 Å². The molecule has 0 saturated carbocycles. The van der Waals surface area contributed by atoms with Crippen molar-refractivity contribution in [2.45, 2.75) is 0 Å². The van der Waals surface area contributed by atoms with Gasteiger partial charge in [-0.15, -0.1) is 0 Å². The molecule has 46 valence electrons. The van der Waals surface area contributed by atoms with Crippen LogP contribution in [0.25, 0.3) is 0 Å². The van der Waals surface area contributed by atoms with Crippen molar-refractivity contribution in [3.05, 3.63) is 24.3 Å². The van der Waals surface area contributed by atoms with E-state index in [0.29, 0.717) is 0 Å². The first-order valence-electron chi connectivity index (χ1n) is 2.71. The lowest BCUT2D eigenvalue weighted by Gasteiger charge is -1.92. The van der Waals surface area contributed by atoms with Gasteiger partial charge in [0.15, 0.2) is 0 Å². The van der Waals surface area contributed by atoms with E-state index in [1.54, 1.807) is 18.2 Å². The Labute approximate surface area is 54.0 Å². The summed E-state index contributed by atoms with van der Waals surface area (Å²) in [5.41, 5.74) is 0.731. The third kappa shape index (κ3) is 1.47. The largest absolute Gasteiger partial charge is 0.508 e. The van der Waals surface area contributed by atoms with Crippen molar-refractivity contribution in [3.8, 4) is 5.75 Å². The van der Waals surface area contributed by atoms with E-state index in [4.69, 9.17) is 10.1 Å². The molecule has 0 spiro atoms. The van der Waals surface area contributed by atoms with E-state index < -0.39 is 0 Å². The normalized spacial score (nSPS) is 9.00. The Hall–Kier alpha value is -0.955. The summed E-state index contributed by atoms with van der Waals surface area (Å²) in [5, 5.41) is 17.4. The van der Waals surface area contributed by atoms with Gasteiger partial charge in [0.05, 0.1) is 0 Å². The molecule has 0 aromatic heterocycles. The summed E-state index contributed by atoms with van der Waals surface area (Å²) in [6.07, 6.45) is 0. The van der Waals surface area contributed by atoms with Crippen LogP contribution in [0, 0.1) is 0 Å². The zero-order chi connectivity index (χ0) is 6.69. The second-order valence-corrected chi connectivity index (χ2v) is 1.83. The molecule has 1 aromatic carbocycles. The molecule has 2 nitrogen and oxygen atoms in total. The highest BCUT2D eigenvalue weighted by atomic mass is 16.3. The van der Waals surface area contributed by atoms with Gasteiger partial charge in [0, 0.05) is 0 Å². The van der Waals surface area contributed by atoms with Crippen LogP contribution in [-0.4, -0.2) is 17.6 Å². The van der Waals surface area contributed by atoms with Gasteiger partial charge >= 0.3 is 7.48 Å². The van der Waals surface area contributed by atoms with Crippen LogP contribution in [0.5, 0.6) is 5.75 Å². The first-order chi connectivity index (χ1) is 4.33. The van der Waals surface area contributed by atoms with Crippen LogP contribution >= 0.6 is 0 Å². The lowest BCUT2D eigenvalue weighted by Crippen LogP contribution is -2.11. The van der Waals surface area contributed by atoms with Gasteiger partial charge in [-0.1, -0.05) is 12.1 Å². The maximum atomic E-state index is 8.83. The molecule has 0 unspecified atom stereocenters. The Morgan fingerprint density at radius 2 is 2.11 bits per heavy atom. The molecule has 0 aliphatic rings. The highest BCUT2D eigenvalue weighted by Crippen LogP contribution is 2.01. The summed E-state index contributed by atoms with van der Waals surface area (Å²) in [7, 11) is -0.0194. The second-order valence-electron chi connectivity index (χ2n) is 1.83. The molecular formula is C6H7BO2. The van der Waals surface area contributed by atoms with Gasteiger partial charge in [-0.2, -0.15) is 0 Å². The van der Waals surface area contributed by atoms with Gasteiger partial charge < -0.3 is 10.1 Å². The maximum Gasteiger partial charge on any atom is 0.304 e. The topological polar surface area (TPSA) is 40.5 Å². The number of phenolic OH excluding ortho intramolecular Hbond substituents is 1. The molecular weight excluding hydrogens is 115 g/mol. The lowest BCUT2D eigenvalue weighted by molar-refractivity contribution is 0.475. The Balaban J connectivity index is 2.94. The number of hydrogen-bond acceptors (Lipinski definition) is 2. The smallest absolute Gasteiger partial charge is 0.304 e. The summed E-state index contributed by atoms with van der Waals surface area (Å²) in [6.45, 7) is 0. The Morgan fingerprint density at radius 3 is 2.56 bits per heavy atom. The molecule has 9 heavy (non-hydrogen) atoms. The van der Waals surface area contributed by atoms with E-state index in [1.807, 2.05) is 0 Å². The second kappa shape index (κ2) is 2.55. The quantitative estimate of drug-likeness (QED) is 0.486. The highest BCUT2D eigenvalue weighted by molar-refractivity contribution is 6.45. The van der Waals surface area contributed by atoms with Crippen molar-refractivity contribution in [3.63, 3.8) is 0 Å². The molecule has 0 saturated heterocycles. The van der Waals surface area contributed by atoms with Gasteiger partial charge in [0.1, 0.15) is 5.75 Å². The molecule has 0 amide bonds. The maximum absolute atomic E-state index is 8.83. The van der Waals surface area contributed by atoms with Crippen molar-refractivity contribution in [2.24, 2.45) is 0 Å². The zero-order valence-corrected chi connectivity index (χ0v) is 4.91. The molecule has 0 aliphatic heterocycles. The van der Waals surface area contributed by atoms with Crippen LogP contribution in [0.1, 0.15) is 0 Å². The molecule has 1 aromatic rings. The molecule has 0 bridgehead atoms. The van der Waals surface area contributed by atoms with Crippen LogP contribution in [-0.2, 0) is 0 Å². The Kier molecular flexibility index (Phi) is 1.75. The summed E-state index contributed by atoms with van der Waals surface area (Å²) in [6, 6.07) is 6.54. The van der Waals surface area contributed by atoms with E-state index in [1.165, 1.54) is 6.07 Å². The fourth-order valence-electron chi connectivity index (χ4n) is 0.655. The summed E-state index contributed by atoms with van der Waals surface area (Å²) in [5.74, 6) is 0.196. The molecule has 1 rings (SSSR count). The van der Waals surface area contributed by atoms with Gasteiger partial charge in [-0.05, 0) is 17.6 Å². The molecule has 0 atom stereocenters. The van der Waals surface area contributed by atoms with Crippen LogP contribution in [0.4, 0.5) is 0 Å². The van der Waals surface area contributed by atoms with Gasteiger partial charge in [0.25, 0.3) is 0 Å². The minimum atomic E-state index is -0.0194. The predicted octanol–water partition coefficient (Wildman–Crippen LogP) is -0.639. The average Bonchev–Trinajstić information content (AvgIpc) is 1.88. The van der Waals surface area contributed by atoms with Crippen molar-refractivity contribution >= 4 is 12.9 Å². The standard InChI is InChI=1S/C6H7BO2/c8-6-3-1-2-5(4-6)7-9/h1-4,7-9H. The number of aromatic hydroxyl groups is 1. The first kappa shape index (κ1) is 6.17. The summed E-state index contributed by atoms with van der Waals surface area (Å²) in [4.78, 5) is 0.